The molecule has 1 heterocycles. The molecule has 3 atom stereocenters. The van der Waals surface area contributed by atoms with Crippen molar-refractivity contribution in [3.8, 4) is 11.3 Å². The van der Waals surface area contributed by atoms with Crippen LogP contribution in [-0.2, 0) is 19.7 Å². The zero-order chi connectivity index (χ0) is 23.7. The van der Waals surface area contributed by atoms with E-state index in [9.17, 15) is 24.0 Å². The summed E-state index contributed by atoms with van der Waals surface area (Å²) in [6.45, 7) is 8.27. The van der Waals surface area contributed by atoms with E-state index in [1.165, 1.54) is 31.2 Å². The van der Waals surface area contributed by atoms with Crippen LogP contribution in [-0.4, -0.2) is 26.5 Å². The van der Waals surface area contributed by atoms with E-state index in [-0.39, 0.29) is 17.2 Å². The second-order valence-electron chi connectivity index (χ2n) is 7.96. The predicted octanol–water partition coefficient (Wildman–Crippen LogP) is 4.50. The minimum Gasteiger partial charge on any atom is -0.433 e. The summed E-state index contributed by atoms with van der Waals surface area (Å²) in [6, 6.07) is 12.7. The van der Waals surface area contributed by atoms with E-state index in [1.807, 2.05) is 32.0 Å². The lowest BCUT2D eigenvalue weighted by atomic mass is 9.79. The van der Waals surface area contributed by atoms with Gasteiger partial charge in [-0.3, -0.25) is 0 Å². The first-order valence-electron chi connectivity index (χ1n) is 10.0. The Hall–Kier alpha value is -2.86. The van der Waals surface area contributed by atoms with E-state index in [1.54, 1.807) is 6.07 Å². The summed E-state index contributed by atoms with van der Waals surface area (Å²) in [6.07, 6.45) is 0.793. The highest BCUT2D eigenvalue weighted by Gasteiger charge is 2.56. The second kappa shape index (κ2) is 8.94. The van der Waals surface area contributed by atoms with Crippen molar-refractivity contribution >= 4 is 25.3 Å². The maximum Gasteiger partial charge on any atom is 0.353 e. The molecule has 8 heteroatoms. The Bertz CT molecular complexity index is 1190. The first kappa shape index (κ1) is 23.8. The number of benzene rings is 2. The number of esters is 1. The average Bonchev–Trinajstić information content (AvgIpc) is 2.77. The molecule has 3 rings (SSSR count). The van der Waals surface area contributed by atoms with Crippen molar-refractivity contribution in [1.82, 2.24) is 4.98 Å². The van der Waals surface area contributed by atoms with Crippen molar-refractivity contribution in [2.75, 3.05) is 0 Å². The number of fused-ring (bicyclic) bond motifs is 1. The van der Waals surface area contributed by atoms with Crippen LogP contribution in [0, 0.1) is 5.82 Å². The SMILES string of the molecule is C=COC(=O)C(O)([PH2]=O)C(C)(O)c1c(-c2ccc(F)cc2)nc2ccccc2c1C(C)C. The largest absolute Gasteiger partial charge is 0.433 e. The minimum absolute atomic E-state index is 0.115. The molecule has 0 radical (unpaired) electrons. The van der Waals surface area contributed by atoms with Gasteiger partial charge in [0.25, 0.3) is 0 Å². The number of pyridine rings is 1. The fourth-order valence-corrected chi connectivity index (χ4v) is 4.40. The number of nitrogens with zero attached hydrogens (tertiary/aromatic N) is 1. The third kappa shape index (κ3) is 3.88. The van der Waals surface area contributed by atoms with Gasteiger partial charge < -0.3 is 19.5 Å². The van der Waals surface area contributed by atoms with E-state index < -0.39 is 31.2 Å². The Morgan fingerprint density at radius 1 is 1.19 bits per heavy atom. The van der Waals surface area contributed by atoms with Crippen molar-refractivity contribution in [3.05, 3.63) is 78.3 Å². The number of aliphatic hydroxyl groups is 2. The summed E-state index contributed by atoms with van der Waals surface area (Å²) in [5.41, 5.74) is -0.348. The molecule has 0 aliphatic rings. The monoisotopic (exact) mass is 457 g/mol. The van der Waals surface area contributed by atoms with Crippen LogP contribution in [0.5, 0.6) is 0 Å². The third-order valence-corrected chi connectivity index (χ3v) is 6.67. The lowest BCUT2D eigenvalue weighted by molar-refractivity contribution is -0.171. The van der Waals surface area contributed by atoms with Crippen LogP contribution in [0.25, 0.3) is 22.2 Å². The maximum absolute atomic E-state index is 13.6. The minimum atomic E-state index is -2.76. The number of rotatable bonds is 7. The van der Waals surface area contributed by atoms with Crippen molar-refractivity contribution in [2.45, 2.75) is 37.6 Å². The number of ether oxygens (including phenoxy) is 1. The van der Waals surface area contributed by atoms with Crippen LogP contribution in [0.1, 0.15) is 37.8 Å². The molecular weight excluding hydrogens is 432 g/mol. The van der Waals surface area contributed by atoms with Gasteiger partial charge in [0.05, 0.1) is 17.5 Å². The zero-order valence-electron chi connectivity index (χ0n) is 18.0. The second-order valence-corrected chi connectivity index (χ2v) is 9.03. The number of halogens is 1. The van der Waals surface area contributed by atoms with E-state index in [2.05, 4.69) is 11.6 Å². The maximum atomic E-state index is 13.6. The van der Waals surface area contributed by atoms with Gasteiger partial charge in [-0.25, -0.2) is 14.2 Å². The van der Waals surface area contributed by atoms with E-state index in [4.69, 9.17) is 4.74 Å². The Morgan fingerprint density at radius 2 is 1.81 bits per heavy atom. The first-order chi connectivity index (χ1) is 15.1. The van der Waals surface area contributed by atoms with Gasteiger partial charge in [-0.15, -0.1) is 0 Å². The van der Waals surface area contributed by atoms with Crippen LogP contribution < -0.4 is 0 Å². The summed E-state index contributed by atoms with van der Waals surface area (Å²) in [4.78, 5) is 17.3. The van der Waals surface area contributed by atoms with Gasteiger partial charge in [-0.2, -0.15) is 0 Å². The van der Waals surface area contributed by atoms with Gasteiger partial charge in [0.15, 0.2) is 0 Å². The summed E-state index contributed by atoms with van der Waals surface area (Å²) >= 11 is 0. The highest BCUT2D eigenvalue weighted by atomic mass is 31.1. The normalized spacial score (nSPS) is 15.6. The molecule has 3 aromatic rings. The molecule has 0 amide bonds. The third-order valence-electron chi connectivity index (χ3n) is 5.53. The van der Waals surface area contributed by atoms with Crippen molar-refractivity contribution < 1.29 is 28.7 Å². The molecule has 1 aromatic heterocycles. The molecule has 168 valence electrons. The molecular formula is C24H25FNO5P. The highest BCUT2D eigenvalue weighted by molar-refractivity contribution is 7.27. The van der Waals surface area contributed by atoms with Crippen molar-refractivity contribution in [2.24, 2.45) is 0 Å². The van der Waals surface area contributed by atoms with Gasteiger partial charge >= 0.3 is 5.97 Å². The van der Waals surface area contributed by atoms with E-state index in [0.29, 0.717) is 22.0 Å². The van der Waals surface area contributed by atoms with Gasteiger partial charge in [0, 0.05) is 16.5 Å². The molecule has 32 heavy (non-hydrogen) atoms. The number of carbonyl (C=O) groups is 1. The van der Waals surface area contributed by atoms with Crippen LogP contribution in [0.15, 0.2) is 61.4 Å². The Labute approximate surface area is 186 Å². The van der Waals surface area contributed by atoms with Crippen LogP contribution in [0.3, 0.4) is 0 Å². The van der Waals surface area contributed by atoms with Gasteiger partial charge in [-0.05, 0) is 48.7 Å². The van der Waals surface area contributed by atoms with Crippen LogP contribution in [0.2, 0.25) is 0 Å². The van der Waals surface area contributed by atoms with E-state index >= 15 is 0 Å². The van der Waals surface area contributed by atoms with Crippen LogP contribution in [0.4, 0.5) is 4.39 Å². The smallest absolute Gasteiger partial charge is 0.353 e. The number of hydrogen-bond donors (Lipinski definition) is 2. The summed E-state index contributed by atoms with van der Waals surface area (Å²) < 4.78 is 30.5. The van der Waals surface area contributed by atoms with Crippen molar-refractivity contribution in [3.63, 3.8) is 0 Å². The fraction of sp³-hybridized carbons (Fsp3) is 0.250. The first-order valence-corrected chi connectivity index (χ1v) is 11.1. The number of para-hydroxylation sites is 1. The fourth-order valence-electron chi connectivity index (χ4n) is 3.86. The molecule has 2 N–H and O–H groups in total. The number of carbonyl (C=O) groups excluding carboxylic acids is 1. The number of hydrogen-bond acceptors (Lipinski definition) is 6. The highest BCUT2D eigenvalue weighted by Crippen LogP contribution is 2.48. The molecule has 0 aliphatic heterocycles. The van der Waals surface area contributed by atoms with Gasteiger partial charge in [0.1, 0.15) is 19.9 Å². The number of aromatic nitrogens is 1. The topological polar surface area (TPSA) is 96.7 Å². The molecule has 0 aliphatic carbocycles. The molecule has 0 bridgehead atoms. The Balaban J connectivity index is 2.49. The van der Waals surface area contributed by atoms with Gasteiger partial charge in [0.2, 0.25) is 5.34 Å². The summed E-state index contributed by atoms with van der Waals surface area (Å²) in [5, 5.41) is 20.8. The molecule has 0 saturated carbocycles. The Kier molecular flexibility index (Phi) is 6.65. The molecule has 3 unspecified atom stereocenters. The quantitative estimate of drug-likeness (QED) is 0.308. The molecule has 0 fully saturated rings. The average molecular weight is 457 g/mol. The molecule has 0 saturated heterocycles. The van der Waals surface area contributed by atoms with Crippen molar-refractivity contribution in [1.29, 1.82) is 0 Å². The molecule has 6 nitrogen and oxygen atoms in total. The molecule has 2 aromatic carbocycles. The van der Waals surface area contributed by atoms with Crippen LogP contribution >= 0.6 is 8.46 Å². The van der Waals surface area contributed by atoms with E-state index in [0.717, 1.165) is 6.26 Å². The summed E-state index contributed by atoms with van der Waals surface area (Å²) in [5.74, 6) is -1.94. The lowest BCUT2D eigenvalue weighted by Crippen LogP contribution is -2.52. The molecule has 0 spiro atoms. The van der Waals surface area contributed by atoms with Gasteiger partial charge in [-0.1, -0.05) is 38.6 Å². The summed E-state index contributed by atoms with van der Waals surface area (Å²) in [7, 11) is -2.25. The predicted molar refractivity (Wildman–Crippen MR) is 122 cm³/mol. The lowest BCUT2D eigenvalue weighted by Gasteiger charge is -2.38. The Morgan fingerprint density at radius 3 is 2.38 bits per heavy atom. The standard InChI is InChI=1S/C24H25FNO5P/c1-5-31-22(27)24(29,32-30)23(4,28)20-19(14(2)3)17-8-6-7-9-18(17)26-21(20)15-10-12-16(25)13-11-15/h5-14,28-29H,1,32H2,2-4H3. The zero-order valence-corrected chi connectivity index (χ0v) is 19.2.